The van der Waals surface area contributed by atoms with Crippen molar-refractivity contribution in [3.8, 4) is 0 Å². The first-order valence-electron chi connectivity index (χ1n) is 9.81. The lowest BCUT2D eigenvalue weighted by atomic mass is 9.69. The lowest BCUT2D eigenvalue weighted by Crippen LogP contribution is -2.28. The molecule has 1 aromatic carbocycles. The van der Waals surface area contributed by atoms with Crippen LogP contribution in [0, 0.1) is 11.3 Å². The Morgan fingerprint density at radius 2 is 2.07 bits per heavy atom. The second-order valence-electron chi connectivity index (χ2n) is 8.07. The zero-order valence-electron chi connectivity index (χ0n) is 17.2. The average molecular weight is 435 g/mol. The monoisotopic (exact) mass is 434 g/mol. The maximum Gasteiger partial charge on any atom is 0.341 e. The van der Waals surface area contributed by atoms with Gasteiger partial charge in [0.1, 0.15) is 5.00 Å². The largest absolute Gasteiger partial charge is 0.465 e. The predicted octanol–water partition coefficient (Wildman–Crippen LogP) is 6.37. The first kappa shape index (κ1) is 21.7. The summed E-state index contributed by atoms with van der Waals surface area (Å²) in [5, 5.41) is 6.68. The molecule has 2 aromatic rings. The molecular weight excluding hydrogens is 408 g/mol. The summed E-state index contributed by atoms with van der Waals surface area (Å²) in [5.74, 6) is 0.144. The minimum Gasteiger partial charge on any atom is -0.465 e. The number of benzene rings is 1. The lowest BCUT2D eigenvalue weighted by molar-refractivity contribution is 0.0600. The summed E-state index contributed by atoms with van der Waals surface area (Å²) in [5.41, 5.74) is 2.33. The summed E-state index contributed by atoms with van der Waals surface area (Å²) in [6.45, 7) is 6.82. The van der Waals surface area contributed by atoms with Crippen LogP contribution >= 0.6 is 22.9 Å². The Labute approximate surface area is 180 Å². The van der Waals surface area contributed by atoms with E-state index in [1.165, 1.54) is 23.3 Å². The average Bonchev–Trinajstić information content (AvgIpc) is 3.04. The fourth-order valence-corrected chi connectivity index (χ4v) is 5.28. The van der Waals surface area contributed by atoms with Crippen LogP contribution in [0.4, 0.5) is 15.5 Å². The fourth-order valence-electron chi connectivity index (χ4n) is 3.78. The Bertz CT molecular complexity index is 923. The van der Waals surface area contributed by atoms with E-state index in [2.05, 4.69) is 31.4 Å². The van der Waals surface area contributed by atoms with E-state index in [0.29, 0.717) is 27.2 Å². The van der Waals surface area contributed by atoms with Crippen LogP contribution in [0.1, 0.15) is 54.4 Å². The quantitative estimate of drug-likeness (QED) is 0.537. The molecule has 1 heterocycles. The van der Waals surface area contributed by atoms with Crippen LogP contribution in [0.25, 0.3) is 0 Å². The Kier molecular flexibility index (Phi) is 6.54. The molecule has 0 saturated heterocycles. The molecule has 2 N–H and O–H groups in total. The van der Waals surface area contributed by atoms with Crippen molar-refractivity contribution in [3.63, 3.8) is 0 Å². The number of esters is 1. The fraction of sp³-hybridized carbons (Fsp3) is 0.455. The summed E-state index contributed by atoms with van der Waals surface area (Å²) < 4.78 is 5.01. The summed E-state index contributed by atoms with van der Waals surface area (Å²) in [4.78, 5) is 26.2. The van der Waals surface area contributed by atoms with Gasteiger partial charge in [-0.15, -0.1) is 11.3 Å². The van der Waals surface area contributed by atoms with E-state index in [1.54, 1.807) is 24.3 Å². The third-order valence-electron chi connectivity index (χ3n) is 5.98. The number of halogens is 1. The standard InChI is InChI=1S/C22H27ClN2O3S/c1-5-22(2,3)13-9-10-16-17(11-13)29-19(18(16)20(26)28-4)25-21(27)24-15-8-6-7-14(23)12-15/h6-8,12-13H,5,9-11H2,1-4H3,(H2,24,25,27). The lowest BCUT2D eigenvalue weighted by Gasteiger charge is -2.36. The highest BCUT2D eigenvalue weighted by Gasteiger charge is 2.35. The number of ether oxygens (including phenoxy) is 1. The van der Waals surface area contributed by atoms with E-state index in [0.717, 1.165) is 31.2 Å². The topological polar surface area (TPSA) is 67.4 Å². The Morgan fingerprint density at radius 1 is 1.31 bits per heavy atom. The molecule has 1 aliphatic carbocycles. The number of fused-ring (bicyclic) bond motifs is 1. The number of methoxy groups -OCH3 is 1. The van der Waals surface area contributed by atoms with Gasteiger partial charge in [-0.3, -0.25) is 5.32 Å². The molecule has 156 valence electrons. The number of nitrogens with one attached hydrogen (secondary N) is 2. The number of rotatable bonds is 5. The predicted molar refractivity (Wildman–Crippen MR) is 119 cm³/mol. The molecule has 1 atom stereocenters. The van der Waals surface area contributed by atoms with Crippen LogP contribution in [0.15, 0.2) is 24.3 Å². The molecule has 0 saturated carbocycles. The zero-order chi connectivity index (χ0) is 21.2. The van der Waals surface area contributed by atoms with Crippen LogP contribution in [-0.4, -0.2) is 19.1 Å². The first-order chi connectivity index (χ1) is 13.7. The maximum absolute atomic E-state index is 12.5. The van der Waals surface area contributed by atoms with Gasteiger partial charge >= 0.3 is 12.0 Å². The summed E-state index contributed by atoms with van der Waals surface area (Å²) in [6.07, 6.45) is 3.88. The number of hydrogen-bond acceptors (Lipinski definition) is 4. The molecule has 5 nitrogen and oxygen atoms in total. The molecule has 0 fully saturated rings. The second-order valence-corrected chi connectivity index (χ2v) is 9.61. The van der Waals surface area contributed by atoms with Crippen molar-refractivity contribution in [2.24, 2.45) is 11.3 Å². The van der Waals surface area contributed by atoms with Crippen LogP contribution in [0.5, 0.6) is 0 Å². The molecular formula is C22H27ClN2O3S. The molecule has 0 aliphatic heterocycles. The smallest absolute Gasteiger partial charge is 0.341 e. The molecule has 1 aliphatic rings. The van der Waals surface area contributed by atoms with Crippen molar-refractivity contribution in [3.05, 3.63) is 45.3 Å². The van der Waals surface area contributed by atoms with Crippen molar-refractivity contribution >= 4 is 45.6 Å². The van der Waals surface area contributed by atoms with E-state index in [4.69, 9.17) is 16.3 Å². The van der Waals surface area contributed by atoms with Crippen molar-refractivity contribution in [2.45, 2.75) is 46.5 Å². The third-order valence-corrected chi connectivity index (χ3v) is 7.39. The second kappa shape index (κ2) is 8.76. The summed E-state index contributed by atoms with van der Waals surface area (Å²) >= 11 is 7.45. The van der Waals surface area contributed by atoms with Gasteiger partial charge in [0.05, 0.1) is 12.7 Å². The zero-order valence-corrected chi connectivity index (χ0v) is 18.8. The van der Waals surface area contributed by atoms with Crippen LogP contribution in [0.2, 0.25) is 5.02 Å². The third kappa shape index (κ3) is 4.75. The highest BCUT2D eigenvalue weighted by atomic mass is 35.5. The van der Waals surface area contributed by atoms with E-state index in [1.807, 2.05) is 0 Å². The summed E-state index contributed by atoms with van der Waals surface area (Å²) in [6, 6.07) is 6.50. The number of carbonyl (C=O) groups is 2. The molecule has 7 heteroatoms. The number of carbonyl (C=O) groups excluding carboxylic acids is 2. The molecule has 3 rings (SSSR count). The Morgan fingerprint density at radius 3 is 2.72 bits per heavy atom. The van der Waals surface area contributed by atoms with Gasteiger partial charge in [0.2, 0.25) is 0 Å². The number of amides is 2. The molecule has 29 heavy (non-hydrogen) atoms. The van der Waals surface area contributed by atoms with Crippen molar-refractivity contribution in [1.82, 2.24) is 0 Å². The van der Waals surface area contributed by atoms with Gasteiger partial charge in [0.25, 0.3) is 0 Å². The molecule has 0 radical (unpaired) electrons. The molecule has 0 bridgehead atoms. The minimum absolute atomic E-state index is 0.241. The van der Waals surface area contributed by atoms with E-state index >= 15 is 0 Å². The van der Waals surface area contributed by atoms with Crippen LogP contribution in [-0.2, 0) is 17.6 Å². The minimum atomic E-state index is -0.415. The maximum atomic E-state index is 12.5. The van der Waals surface area contributed by atoms with Crippen LogP contribution < -0.4 is 10.6 Å². The first-order valence-corrected chi connectivity index (χ1v) is 11.0. The number of urea groups is 1. The number of thiophene rings is 1. The van der Waals surface area contributed by atoms with E-state index in [-0.39, 0.29) is 5.41 Å². The molecule has 0 spiro atoms. The SMILES string of the molecule is CCC(C)(C)C1CCc2c(sc(NC(=O)Nc3cccc(Cl)c3)c2C(=O)OC)C1. The van der Waals surface area contributed by atoms with Gasteiger partial charge in [-0.25, -0.2) is 9.59 Å². The van der Waals surface area contributed by atoms with Crippen molar-refractivity contribution < 1.29 is 14.3 Å². The van der Waals surface area contributed by atoms with Gasteiger partial charge in [-0.2, -0.15) is 0 Å². The highest BCUT2D eigenvalue weighted by molar-refractivity contribution is 7.17. The summed E-state index contributed by atoms with van der Waals surface area (Å²) in [7, 11) is 1.37. The highest BCUT2D eigenvalue weighted by Crippen LogP contribution is 2.45. The Hall–Kier alpha value is -2.05. The molecule has 1 aromatic heterocycles. The van der Waals surface area contributed by atoms with Crippen molar-refractivity contribution in [2.75, 3.05) is 17.7 Å². The van der Waals surface area contributed by atoms with Gasteiger partial charge in [-0.1, -0.05) is 44.9 Å². The number of anilines is 2. The van der Waals surface area contributed by atoms with Gasteiger partial charge in [0, 0.05) is 15.6 Å². The van der Waals surface area contributed by atoms with Crippen molar-refractivity contribution in [1.29, 1.82) is 0 Å². The van der Waals surface area contributed by atoms with Gasteiger partial charge in [0.15, 0.2) is 0 Å². The normalized spacial score (nSPS) is 16.1. The number of hydrogen-bond donors (Lipinski definition) is 2. The van der Waals surface area contributed by atoms with Gasteiger partial charge < -0.3 is 10.1 Å². The van der Waals surface area contributed by atoms with Gasteiger partial charge in [-0.05, 0) is 54.4 Å². The molecule has 2 amide bonds. The van der Waals surface area contributed by atoms with E-state index < -0.39 is 12.0 Å². The van der Waals surface area contributed by atoms with E-state index in [9.17, 15) is 9.59 Å². The Balaban J connectivity index is 1.85. The molecule has 1 unspecified atom stereocenters. The van der Waals surface area contributed by atoms with Crippen LogP contribution in [0.3, 0.4) is 0 Å².